The van der Waals surface area contributed by atoms with Crippen molar-refractivity contribution < 1.29 is 18.9 Å². The fraction of sp³-hybridized carbons (Fsp3) is 0.350. The van der Waals surface area contributed by atoms with Gasteiger partial charge in [0, 0.05) is 13.6 Å². The molecule has 7 nitrogen and oxygen atoms in total. The Bertz CT molecular complexity index is 795. The van der Waals surface area contributed by atoms with E-state index >= 15 is 0 Å². The van der Waals surface area contributed by atoms with Crippen molar-refractivity contribution in [3.8, 4) is 23.0 Å². The van der Waals surface area contributed by atoms with Crippen molar-refractivity contribution >= 4 is 5.96 Å². The quantitative estimate of drug-likeness (QED) is 0.576. The van der Waals surface area contributed by atoms with Crippen LogP contribution in [0.25, 0.3) is 0 Å². The predicted molar refractivity (Wildman–Crippen MR) is 104 cm³/mol. The van der Waals surface area contributed by atoms with E-state index in [1.807, 2.05) is 49.4 Å². The molecule has 0 spiro atoms. The van der Waals surface area contributed by atoms with Crippen molar-refractivity contribution in [3.05, 3.63) is 48.0 Å². The Labute approximate surface area is 159 Å². The molecule has 0 bridgehead atoms. The normalized spacial score (nSPS) is 13.8. The highest BCUT2D eigenvalue weighted by atomic mass is 16.7. The Morgan fingerprint density at radius 2 is 1.89 bits per heavy atom. The first-order valence-corrected chi connectivity index (χ1v) is 8.82. The highest BCUT2D eigenvalue weighted by Gasteiger charge is 2.13. The van der Waals surface area contributed by atoms with Gasteiger partial charge in [-0.3, -0.25) is 4.99 Å². The van der Waals surface area contributed by atoms with Gasteiger partial charge < -0.3 is 29.6 Å². The van der Waals surface area contributed by atoms with E-state index in [1.54, 1.807) is 14.2 Å². The third kappa shape index (κ3) is 4.97. The van der Waals surface area contributed by atoms with Gasteiger partial charge in [0.25, 0.3) is 0 Å². The molecule has 1 unspecified atom stereocenters. The minimum Gasteiger partial charge on any atom is -0.493 e. The van der Waals surface area contributed by atoms with Crippen LogP contribution < -0.4 is 29.6 Å². The molecule has 0 saturated heterocycles. The molecule has 0 aliphatic carbocycles. The molecule has 0 aromatic heterocycles. The van der Waals surface area contributed by atoms with Crippen molar-refractivity contribution in [3.63, 3.8) is 0 Å². The summed E-state index contributed by atoms with van der Waals surface area (Å²) in [6, 6.07) is 13.5. The summed E-state index contributed by atoms with van der Waals surface area (Å²) in [7, 11) is 3.37. The average molecular weight is 371 g/mol. The summed E-state index contributed by atoms with van der Waals surface area (Å²) in [4.78, 5) is 4.25. The fourth-order valence-corrected chi connectivity index (χ4v) is 2.67. The third-order valence-electron chi connectivity index (χ3n) is 4.07. The Hall–Kier alpha value is -3.09. The minimum absolute atomic E-state index is 0.0645. The average Bonchev–Trinajstić information content (AvgIpc) is 3.16. The molecule has 27 heavy (non-hydrogen) atoms. The standard InChI is InChI=1S/C20H25N3O4/c1-14(27-18-7-5-4-6-16(18)24-3)11-22-20(21-2)23-12-15-8-9-17-19(10-15)26-13-25-17/h4-10,14H,11-13H2,1-3H3,(H2,21,22,23). The summed E-state index contributed by atoms with van der Waals surface area (Å²) in [6.45, 7) is 3.49. The Kier molecular flexibility index (Phi) is 6.25. The first kappa shape index (κ1) is 18.7. The summed E-state index contributed by atoms with van der Waals surface area (Å²) in [5.74, 6) is 3.69. The van der Waals surface area contributed by atoms with Crippen LogP contribution in [-0.4, -0.2) is 39.6 Å². The van der Waals surface area contributed by atoms with Crippen molar-refractivity contribution in [2.24, 2.45) is 4.99 Å². The van der Waals surface area contributed by atoms with Gasteiger partial charge in [-0.1, -0.05) is 18.2 Å². The van der Waals surface area contributed by atoms with Crippen molar-refractivity contribution in [2.45, 2.75) is 19.6 Å². The number of hydrogen-bond donors (Lipinski definition) is 2. The lowest BCUT2D eigenvalue weighted by atomic mass is 10.2. The van der Waals surface area contributed by atoms with E-state index in [9.17, 15) is 0 Å². The van der Waals surface area contributed by atoms with Gasteiger partial charge in [0.2, 0.25) is 6.79 Å². The van der Waals surface area contributed by atoms with Gasteiger partial charge in [0.15, 0.2) is 29.0 Å². The molecule has 0 amide bonds. The largest absolute Gasteiger partial charge is 0.493 e. The molecule has 0 radical (unpaired) electrons. The zero-order chi connectivity index (χ0) is 19.1. The molecule has 0 saturated carbocycles. The molecule has 2 N–H and O–H groups in total. The molecule has 7 heteroatoms. The molecule has 1 aliphatic rings. The number of hydrogen-bond acceptors (Lipinski definition) is 5. The highest BCUT2D eigenvalue weighted by molar-refractivity contribution is 5.79. The third-order valence-corrected chi connectivity index (χ3v) is 4.07. The fourth-order valence-electron chi connectivity index (χ4n) is 2.67. The maximum atomic E-state index is 5.94. The summed E-state index contributed by atoms with van der Waals surface area (Å²) < 4.78 is 22.0. The lowest BCUT2D eigenvalue weighted by molar-refractivity contribution is 0.174. The number of nitrogens with one attached hydrogen (secondary N) is 2. The monoisotopic (exact) mass is 371 g/mol. The Morgan fingerprint density at radius 3 is 2.67 bits per heavy atom. The maximum absolute atomic E-state index is 5.94. The summed E-state index contributed by atoms with van der Waals surface area (Å²) in [5.41, 5.74) is 1.08. The Morgan fingerprint density at radius 1 is 1.11 bits per heavy atom. The number of aliphatic imine (C=N–C) groups is 1. The second-order valence-corrected chi connectivity index (χ2v) is 6.07. The van der Waals surface area contributed by atoms with Crippen LogP contribution in [0.1, 0.15) is 12.5 Å². The lowest BCUT2D eigenvalue weighted by Crippen LogP contribution is -2.41. The van der Waals surface area contributed by atoms with Crippen LogP contribution in [0.5, 0.6) is 23.0 Å². The molecule has 2 aromatic carbocycles. The second-order valence-electron chi connectivity index (χ2n) is 6.07. The molecule has 1 heterocycles. The van der Waals surface area contributed by atoms with Crippen LogP contribution in [0.15, 0.2) is 47.5 Å². The van der Waals surface area contributed by atoms with Crippen molar-refractivity contribution in [1.82, 2.24) is 10.6 Å². The number of para-hydroxylation sites is 2. The van der Waals surface area contributed by atoms with E-state index in [-0.39, 0.29) is 12.9 Å². The number of benzene rings is 2. The predicted octanol–water partition coefficient (Wildman–Crippen LogP) is 2.56. The number of nitrogens with zero attached hydrogens (tertiary/aromatic N) is 1. The molecular formula is C20H25N3O4. The zero-order valence-electron chi connectivity index (χ0n) is 15.8. The van der Waals surface area contributed by atoms with Crippen molar-refractivity contribution in [1.29, 1.82) is 0 Å². The number of ether oxygens (including phenoxy) is 4. The smallest absolute Gasteiger partial charge is 0.231 e. The van der Waals surface area contributed by atoms with Crippen LogP contribution in [0, 0.1) is 0 Å². The van der Waals surface area contributed by atoms with E-state index in [0.29, 0.717) is 19.0 Å². The number of fused-ring (bicyclic) bond motifs is 1. The highest BCUT2D eigenvalue weighted by Crippen LogP contribution is 2.32. The van der Waals surface area contributed by atoms with Crippen LogP contribution in [-0.2, 0) is 6.54 Å². The maximum Gasteiger partial charge on any atom is 0.231 e. The topological polar surface area (TPSA) is 73.3 Å². The molecule has 144 valence electrons. The second kappa shape index (κ2) is 9.02. The van der Waals surface area contributed by atoms with Gasteiger partial charge in [-0.2, -0.15) is 0 Å². The Balaban J connectivity index is 1.47. The first-order chi connectivity index (χ1) is 13.2. The van der Waals surface area contributed by atoms with E-state index in [2.05, 4.69) is 15.6 Å². The van der Waals surface area contributed by atoms with Crippen LogP contribution >= 0.6 is 0 Å². The van der Waals surface area contributed by atoms with Gasteiger partial charge in [-0.05, 0) is 36.8 Å². The van der Waals surface area contributed by atoms with Gasteiger partial charge in [0.1, 0.15) is 6.10 Å². The van der Waals surface area contributed by atoms with E-state index in [0.717, 1.165) is 28.6 Å². The molecule has 0 fully saturated rings. The van der Waals surface area contributed by atoms with Gasteiger partial charge >= 0.3 is 0 Å². The zero-order valence-corrected chi connectivity index (χ0v) is 15.8. The first-order valence-electron chi connectivity index (χ1n) is 8.82. The molecule has 1 aliphatic heterocycles. The molecule has 1 atom stereocenters. The van der Waals surface area contributed by atoms with Crippen molar-refractivity contribution in [2.75, 3.05) is 27.5 Å². The molecular weight excluding hydrogens is 346 g/mol. The lowest BCUT2D eigenvalue weighted by Gasteiger charge is -2.19. The number of rotatable bonds is 7. The van der Waals surface area contributed by atoms with Gasteiger partial charge in [0.05, 0.1) is 13.7 Å². The van der Waals surface area contributed by atoms with Crippen LogP contribution in [0.2, 0.25) is 0 Å². The summed E-state index contributed by atoms with van der Waals surface area (Å²) >= 11 is 0. The summed E-state index contributed by atoms with van der Waals surface area (Å²) in [6.07, 6.45) is -0.0645. The summed E-state index contributed by atoms with van der Waals surface area (Å²) in [5, 5.41) is 6.55. The van der Waals surface area contributed by atoms with E-state index in [1.165, 1.54) is 0 Å². The minimum atomic E-state index is -0.0645. The van der Waals surface area contributed by atoms with Crippen LogP contribution in [0.3, 0.4) is 0 Å². The number of methoxy groups -OCH3 is 1. The molecule has 2 aromatic rings. The van der Waals surface area contributed by atoms with Gasteiger partial charge in [-0.25, -0.2) is 0 Å². The van der Waals surface area contributed by atoms with E-state index in [4.69, 9.17) is 18.9 Å². The SMILES string of the molecule is CN=C(NCc1ccc2c(c1)OCO2)NCC(C)Oc1ccccc1OC. The van der Waals surface area contributed by atoms with E-state index < -0.39 is 0 Å². The molecule has 3 rings (SSSR count). The van der Waals surface area contributed by atoms with Gasteiger partial charge in [-0.15, -0.1) is 0 Å². The van der Waals surface area contributed by atoms with Crippen LogP contribution in [0.4, 0.5) is 0 Å². The number of guanidine groups is 1.